The summed E-state index contributed by atoms with van der Waals surface area (Å²) in [5.41, 5.74) is -8.08. The Morgan fingerprint density at radius 2 is 1.39 bits per heavy atom. The van der Waals surface area contributed by atoms with Crippen molar-refractivity contribution in [1.82, 2.24) is 5.32 Å². The minimum Gasteiger partial charge on any atom is -0.455 e. The first-order valence-corrected chi connectivity index (χ1v) is 25.9. The number of nitrogens with one attached hydrogen (secondary N) is 1. The van der Waals surface area contributed by atoms with Crippen molar-refractivity contribution in [2.45, 2.75) is 115 Å². The zero-order chi connectivity index (χ0) is 55.1. The highest BCUT2D eigenvalue weighted by molar-refractivity contribution is 7.46. The number of amides is 1. The lowest BCUT2D eigenvalue weighted by molar-refractivity contribution is -0.346. The van der Waals surface area contributed by atoms with E-state index in [4.69, 9.17) is 32.9 Å². The van der Waals surface area contributed by atoms with Crippen LogP contribution >= 0.6 is 7.82 Å². The molecule has 5 N–H and O–H groups in total. The van der Waals surface area contributed by atoms with Gasteiger partial charge in [0.25, 0.3) is 5.91 Å². The molecule has 3 aliphatic carbocycles. The van der Waals surface area contributed by atoms with Crippen molar-refractivity contribution in [3.63, 3.8) is 0 Å². The van der Waals surface area contributed by atoms with Gasteiger partial charge in [0.1, 0.15) is 35.7 Å². The largest absolute Gasteiger partial charge is 0.524 e. The Morgan fingerprint density at radius 3 is 1.97 bits per heavy atom. The molecule has 402 valence electrons. The molecule has 2 saturated carbocycles. The van der Waals surface area contributed by atoms with Crippen LogP contribution in [0, 0.1) is 16.7 Å². The van der Waals surface area contributed by atoms with Gasteiger partial charge in [-0.25, -0.2) is 14.2 Å². The van der Waals surface area contributed by atoms with Crippen LogP contribution in [0.25, 0.3) is 0 Å². The number of benzene rings is 4. The van der Waals surface area contributed by atoms with Gasteiger partial charge in [0.15, 0.2) is 17.5 Å². The molecule has 1 heterocycles. The second kappa shape index (κ2) is 21.2. The maximum absolute atomic E-state index is 15.8. The number of carbonyl (C=O) groups excluding carboxylic acids is 7. The van der Waals surface area contributed by atoms with Gasteiger partial charge in [-0.1, -0.05) is 98.8 Å². The average molecular weight is 1070 g/mol. The first-order valence-electron chi connectivity index (χ1n) is 24.4. The molecule has 0 unspecified atom stereocenters. The quantitative estimate of drug-likeness (QED) is 0.0453. The van der Waals surface area contributed by atoms with E-state index in [0.29, 0.717) is 0 Å². The monoisotopic (exact) mass is 1070 g/mol. The van der Waals surface area contributed by atoms with Crippen LogP contribution in [0.1, 0.15) is 92.3 Å². The average Bonchev–Trinajstić information content (AvgIpc) is 3.40. The first-order chi connectivity index (χ1) is 35.8. The Labute approximate surface area is 436 Å². The lowest BCUT2D eigenvalue weighted by atomic mass is 9.44. The summed E-state index contributed by atoms with van der Waals surface area (Å²) in [4.78, 5) is 120. The molecule has 4 aromatic rings. The first kappa shape index (κ1) is 55.2. The van der Waals surface area contributed by atoms with Crippen LogP contribution in [0.15, 0.2) is 126 Å². The number of hydrogen-bond acceptors (Lipinski definition) is 17. The number of ketones is 1. The number of phosphoric acid groups is 1. The molecule has 0 aromatic heterocycles. The number of Topliss-reactive ketones (excluding diaryl/α,β-unsaturated/α-hetero) is 1. The van der Waals surface area contributed by atoms with Gasteiger partial charge < -0.3 is 48.5 Å². The molecule has 8 rings (SSSR count). The van der Waals surface area contributed by atoms with Crippen LogP contribution < -0.4 is 9.84 Å². The van der Waals surface area contributed by atoms with E-state index in [1.54, 1.807) is 54.6 Å². The summed E-state index contributed by atoms with van der Waals surface area (Å²) in [7, 11) is -5.15. The molecule has 20 nitrogen and oxygen atoms in total. The van der Waals surface area contributed by atoms with Crippen LogP contribution in [0.2, 0.25) is 0 Å². The number of aliphatic hydroxyl groups is 2. The summed E-state index contributed by atoms with van der Waals surface area (Å²) >= 11 is 0. The summed E-state index contributed by atoms with van der Waals surface area (Å²) in [6.07, 6.45) is -12.1. The smallest absolute Gasteiger partial charge is 0.455 e. The Hall–Kier alpha value is -7.06. The number of para-hydroxylation sites is 1. The van der Waals surface area contributed by atoms with Crippen LogP contribution in [0.4, 0.5) is 0 Å². The second-order valence-electron chi connectivity index (χ2n) is 20.2. The lowest BCUT2D eigenvalue weighted by Gasteiger charge is -2.67. The van der Waals surface area contributed by atoms with Gasteiger partial charge in [-0.2, -0.15) is 0 Å². The summed E-state index contributed by atoms with van der Waals surface area (Å²) in [6.45, 7) is 7.62. The standard InChI is InChI=1S/C55H58NO19P/c1-30-38(71-51(64)45(72-41(60)26-36-24-16-17-25-37(36)75-76(66,67)68)43(33-18-10-7-11-19-33)56-49(62)34-20-12-8-13-21-34)28-55(65)48(73-50(63)35-22-14-9-15-23-35)46-53(6,39(59)27-40-54(46,29-69-40)74-32(3)58)47(61)44(70-31(2)57)42(30)52(55,4)5/h7-25,38-40,43-46,48,59,65H,26-29H2,1-6H3,(H,56,62)(H2,66,67,68)/t38-,39-,40+,43-,44+,45+,46-,48-,53+,54-,55+/m0/s1. The van der Waals surface area contributed by atoms with E-state index in [1.165, 1.54) is 88.4 Å². The van der Waals surface area contributed by atoms with E-state index < -0.39 is 133 Å². The van der Waals surface area contributed by atoms with Crippen LogP contribution in [-0.4, -0.2) is 116 Å². The molecule has 1 amide bonds. The highest BCUT2D eigenvalue weighted by Crippen LogP contribution is 2.64. The summed E-state index contributed by atoms with van der Waals surface area (Å²) in [6, 6.07) is 27.3. The molecule has 1 aliphatic heterocycles. The molecule has 11 atom stereocenters. The highest BCUT2D eigenvalue weighted by Gasteiger charge is 2.78. The van der Waals surface area contributed by atoms with Gasteiger partial charge in [-0.15, -0.1) is 0 Å². The van der Waals surface area contributed by atoms with E-state index in [1.807, 2.05) is 0 Å². The normalized spacial score (nSPS) is 28.2. The maximum Gasteiger partial charge on any atom is 0.524 e. The van der Waals surface area contributed by atoms with Crippen molar-refractivity contribution in [3.8, 4) is 5.75 Å². The van der Waals surface area contributed by atoms with Crippen molar-refractivity contribution >= 4 is 49.4 Å². The van der Waals surface area contributed by atoms with Crippen molar-refractivity contribution in [3.05, 3.63) is 149 Å². The number of hydrogen-bond donors (Lipinski definition) is 5. The Balaban J connectivity index is 1.30. The fourth-order valence-corrected chi connectivity index (χ4v) is 11.9. The topological polar surface area (TPSA) is 294 Å². The summed E-state index contributed by atoms with van der Waals surface area (Å²) in [5.74, 6) is -9.00. The third-order valence-corrected chi connectivity index (χ3v) is 15.7. The molecule has 4 aliphatic rings. The fraction of sp³-hybridized carbons (Fsp3) is 0.400. The van der Waals surface area contributed by atoms with E-state index in [0.717, 1.165) is 13.8 Å². The second-order valence-corrected chi connectivity index (χ2v) is 21.3. The van der Waals surface area contributed by atoms with Gasteiger partial charge >= 0.3 is 37.7 Å². The lowest BCUT2D eigenvalue weighted by Crippen LogP contribution is -2.82. The molecule has 2 bridgehead atoms. The molecule has 0 spiro atoms. The number of carbonyl (C=O) groups is 7. The van der Waals surface area contributed by atoms with E-state index in [9.17, 15) is 48.5 Å². The zero-order valence-corrected chi connectivity index (χ0v) is 43.2. The molecule has 0 radical (unpaired) electrons. The van der Waals surface area contributed by atoms with Crippen LogP contribution in [0.5, 0.6) is 5.75 Å². The molecular formula is C55H58NO19P. The van der Waals surface area contributed by atoms with Gasteiger partial charge in [0.2, 0.25) is 6.10 Å². The number of aliphatic hydroxyl groups excluding tert-OH is 1. The van der Waals surface area contributed by atoms with Crippen molar-refractivity contribution in [2.24, 2.45) is 16.7 Å². The fourth-order valence-electron chi connectivity index (χ4n) is 11.5. The Bertz CT molecular complexity index is 3000. The third kappa shape index (κ3) is 10.3. The molecular weight excluding hydrogens is 1010 g/mol. The third-order valence-electron chi connectivity index (χ3n) is 15.2. The summed E-state index contributed by atoms with van der Waals surface area (Å²) in [5, 5.41) is 29.0. The molecule has 3 fully saturated rings. The van der Waals surface area contributed by atoms with Gasteiger partial charge in [-0.05, 0) is 60.9 Å². The molecule has 76 heavy (non-hydrogen) atoms. The number of ether oxygens (including phenoxy) is 6. The van der Waals surface area contributed by atoms with E-state index in [2.05, 4.69) is 5.32 Å². The van der Waals surface area contributed by atoms with E-state index >= 15 is 9.59 Å². The van der Waals surface area contributed by atoms with Crippen molar-refractivity contribution in [2.75, 3.05) is 6.61 Å². The predicted molar refractivity (Wildman–Crippen MR) is 264 cm³/mol. The Morgan fingerprint density at radius 1 is 0.803 bits per heavy atom. The number of phosphoric ester groups is 1. The van der Waals surface area contributed by atoms with Gasteiger partial charge in [-0.3, -0.25) is 33.8 Å². The SMILES string of the molecule is CC(=O)O[C@H]1C(=O)[C@@]2(C)[C@H]([C@H](OC(=O)c3ccccc3)[C@]3(O)C[C@H](OC(=O)[C@H](OC(=O)Cc4ccccc4OP(=O)(O)O)[C@@H](NC(=O)c4ccccc4)c4ccccc4)C(C)=C1C3(C)C)[C@]1(OC(C)=O)CO[C@@H]1C[C@@H]2O. The van der Waals surface area contributed by atoms with Crippen LogP contribution in [-0.2, 0) is 63.4 Å². The van der Waals surface area contributed by atoms with Gasteiger partial charge in [0, 0.05) is 43.2 Å². The van der Waals surface area contributed by atoms with Crippen molar-refractivity contribution < 1.29 is 91.1 Å². The van der Waals surface area contributed by atoms with E-state index in [-0.39, 0.29) is 52.2 Å². The predicted octanol–water partition coefficient (Wildman–Crippen LogP) is 5.00. The minimum absolute atomic E-state index is 0.00639. The maximum atomic E-state index is 15.8. The molecule has 21 heteroatoms. The molecule has 1 saturated heterocycles. The number of rotatable bonds is 15. The number of fused-ring (bicyclic) bond motifs is 5. The van der Waals surface area contributed by atoms with Crippen molar-refractivity contribution in [1.29, 1.82) is 0 Å². The Kier molecular flexibility index (Phi) is 15.4. The van der Waals surface area contributed by atoms with Crippen LogP contribution in [0.3, 0.4) is 0 Å². The number of esters is 5. The zero-order valence-electron chi connectivity index (χ0n) is 42.3. The van der Waals surface area contributed by atoms with Gasteiger partial charge in [0.05, 0.1) is 36.0 Å². The molecule has 4 aromatic carbocycles. The minimum atomic E-state index is -5.15. The highest BCUT2D eigenvalue weighted by atomic mass is 31.2. The summed E-state index contributed by atoms with van der Waals surface area (Å²) < 4.78 is 53.5.